The zero-order chi connectivity index (χ0) is 11.4. The molecule has 2 rings (SSSR count). The molecule has 3 nitrogen and oxygen atoms in total. The van der Waals surface area contributed by atoms with E-state index in [0.29, 0.717) is 5.56 Å². The number of β-amino-alcohol motifs (C(OH)–C–C–N with tert-alkyl or cyclic N) is 1. The standard InChI is InChI=1S/C13H16N2O/c14-8-11-3-1-4-12(7-11)9-15-6-2-5-13(16)10-15/h1,3-4,7,13,16H,2,5-6,9-10H2. The molecule has 3 heteroatoms. The summed E-state index contributed by atoms with van der Waals surface area (Å²) in [6.45, 7) is 2.61. The molecule has 1 aliphatic heterocycles. The van der Waals surface area contributed by atoms with Crippen LogP contribution in [0, 0.1) is 11.3 Å². The lowest BCUT2D eigenvalue weighted by Gasteiger charge is -2.29. The second-order valence-electron chi connectivity index (χ2n) is 4.34. The second-order valence-corrected chi connectivity index (χ2v) is 4.34. The first-order valence-corrected chi connectivity index (χ1v) is 5.67. The van der Waals surface area contributed by atoms with Gasteiger partial charge in [0.1, 0.15) is 0 Å². The summed E-state index contributed by atoms with van der Waals surface area (Å²) in [4.78, 5) is 2.24. The Morgan fingerprint density at radius 2 is 2.38 bits per heavy atom. The highest BCUT2D eigenvalue weighted by Gasteiger charge is 2.17. The first kappa shape index (κ1) is 11.1. The summed E-state index contributed by atoms with van der Waals surface area (Å²) in [5, 5.41) is 18.4. The predicted molar refractivity (Wildman–Crippen MR) is 61.7 cm³/mol. The van der Waals surface area contributed by atoms with E-state index in [2.05, 4.69) is 11.0 Å². The summed E-state index contributed by atoms with van der Waals surface area (Å²) in [5.41, 5.74) is 1.85. The van der Waals surface area contributed by atoms with Gasteiger partial charge in [-0.1, -0.05) is 12.1 Å². The summed E-state index contributed by atoms with van der Waals surface area (Å²) in [5.74, 6) is 0. The number of nitriles is 1. The number of nitrogens with zero attached hydrogens (tertiary/aromatic N) is 2. The van der Waals surface area contributed by atoms with Gasteiger partial charge in [0.05, 0.1) is 17.7 Å². The molecule has 16 heavy (non-hydrogen) atoms. The van der Waals surface area contributed by atoms with E-state index in [4.69, 9.17) is 5.26 Å². The normalized spacial score (nSPS) is 21.6. The van der Waals surface area contributed by atoms with Crippen molar-refractivity contribution in [1.29, 1.82) is 5.26 Å². The van der Waals surface area contributed by atoms with Crippen LogP contribution in [0.3, 0.4) is 0 Å². The Labute approximate surface area is 95.9 Å². The molecule has 0 bridgehead atoms. The molecule has 0 amide bonds. The third-order valence-corrected chi connectivity index (χ3v) is 2.94. The summed E-state index contributed by atoms with van der Waals surface area (Å²) < 4.78 is 0. The van der Waals surface area contributed by atoms with Gasteiger partial charge in [0.25, 0.3) is 0 Å². The fourth-order valence-electron chi connectivity index (χ4n) is 2.17. The molecule has 1 unspecified atom stereocenters. The van der Waals surface area contributed by atoms with Gasteiger partial charge in [0.15, 0.2) is 0 Å². The highest BCUT2D eigenvalue weighted by molar-refractivity contribution is 5.32. The van der Waals surface area contributed by atoms with E-state index in [9.17, 15) is 5.11 Å². The molecule has 0 saturated carbocycles. The van der Waals surface area contributed by atoms with Crippen molar-refractivity contribution >= 4 is 0 Å². The number of rotatable bonds is 2. The summed E-state index contributed by atoms with van der Waals surface area (Å²) in [7, 11) is 0. The van der Waals surface area contributed by atoms with Crippen molar-refractivity contribution in [3.8, 4) is 6.07 Å². The highest BCUT2D eigenvalue weighted by Crippen LogP contribution is 2.14. The van der Waals surface area contributed by atoms with E-state index < -0.39 is 0 Å². The van der Waals surface area contributed by atoms with Gasteiger partial charge in [0.2, 0.25) is 0 Å². The molecular formula is C13H16N2O. The maximum Gasteiger partial charge on any atom is 0.0991 e. The van der Waals surface area contributed by atoms with Crippen molar-refractivity contribution in [3.05, 3.63) is 35.4 Å². The van der Waals surface area contributed by atoms with Crippen LogP contribution < -0.4 is 0 Å². The molecule has 1 N–H and O–H groups in total. The van der Waals surface area contributed by atoms with Gasteiger partial charge in [0, 0.05) is 13.1 Å². The zero-order valence-electron chi connectivity index (χ0n) is 9.26. The van der Waals surface area contributed by atoms with Crippen molar-refractivity contribution in [3.63, 3.8) is 0 Å². The van der Waals surface area contributed by atoms with Gasteiger partial charge < -0.3 is 5.11 Å². The minimum atomic E-state index is -0.187. The van der Waals surface area contributed by atoms with Gasteiger partial charge in [-0.15, -0.1) is 0 Å². The number of benzene rings is 1. The molecule has 1 fully saturated rings. The maximum absolute atomic E-state index is 9.56. The van der Waals surface area contributed by atoms with E-state index in [1.165, 1.54) is 0 Å². The van der Waals surface area contributed by atoms with Gasteiger partial charge in [-0.05, 0) is 37.1 Å². The maximum atomic E-state index is 9.56. The molecule has 1 aliphatic rings. The summed E-state index contributed by atoms with van der Waals surface area (Å²) in [6, 6.07) is 9.82. The minimum Gasteiger partial charge on any atom is -0.392 e. The third kappa shape index (κ3) is 2.82. The van der Waals surface area contributed by atoms with Crippen LogP contribution in [-0.4, -0.2) is 29.2 Å². The molecule has 0 radical (unpaired) electrons. The number of hydrogen-bond donors (Lipinski definition) is 1. The van der Waals surface area contributed by atoms with Crippen LogP contribution in [0.15, 0.2) is 24.3 Å². The minimum absolute atomic E-state index is 0.187. The van der Waals surface area contributed by atoms with Gasteiger partial charge in [-0.3, -0.25) is 4.90 Å². The lowest BCUT2D eigenvalue weighted by atomic mass is 10.1. The number of aliphatic hydroxyl groups is 1. The smallest absolute Gasteiger partial charge is 0.0991 e. The van der Waals surface area contributed by atoms with Gasteiger partial charge in [-0.2, -0.15) is 5.26 Å². The lowest BCUT2D eigenvalue weighted by Crippen LogP contribution is -2.37. The number of aliphatic hydroxyl groups excluding tert-OH is 1. The summed E-state index contributed by atoms with van der Waals surface area (Å²) >= 11 is 0. The highest BCUT2D eigenvalue weighted by atomic mass is 16.3. The Morgan fingerprint density at radius 3 is 3.12 bits per heavy atom. The van der Waals surface area contributed by atoms with Crippen LogP contribution in [0.25, 0.3) is 0 Å². The molecule has 0 spiro atoms. The zero-order valence-corrected chi connectivity index (χ0v) is 9.26. The monoisotopic (exact) mass is 216 g/mol. The van der Waals surface area contributed by atoms with Crippen molar-refractivity contribution < 1.29 is 5.11 Å². The van der Waals surface area contributed by atoms with E-state index in [0.717, 1.165) is 38.0 Å². The molecule has 1 heterocycles. The number of hydrogen-bond acceptors (Lipinski definition) is 3. The average molecular weight is 216 g/mol. The molecule has 0 aliphatic carbocycles. The fourth-order valence-corrected chi connectivity index (χ4v) is 2.17. The molecule has 1 atom stereocenters. The Kier molecular flexibility index (Phi) is 3.55. The van der Waals surface area contributed by atoms with Crippen molar-refractivity contribution in [2.45, 2.75) is 25.5 Å². The van der Waals surface area contributed by atoms with Crippen LogP contribution in [-0.2, 0) is 6.54 Å². The Morgan fingerprint density at radius 1 is 1.50 bits per heavy atom. The number of likely N-dealkylation sites (tertiary alicyclic amines) is 1. The predicted octanol–water partition coefficient (Wildman–Crippen LogP) is 1.51. The summed E-state index contributed by atoms with van der Waals surface area (Å²) in [6.07, 6.45) is 1.78. The molecule has 0 aromatic heterocycles. The Hall–Kier alpha value is -1.37. The SMILES string of the molecule is N#Cc1cccc(CN2CCCC(O)C2)c1. The van der Waals surface area contributed by atoms with Crippen LogP contribution in [0.2, 0.25) is 0 Å². The van der Waals surface area contributed by atoms with Crippen LogP contribution in [0.5, 0.6) is 0 Å². The Balaban J connectivity index is 2.00. The molecular weight excluding hydrogens is 200 g/mol. The quantitative estimate of drug-likeness (QED) is 0.815. The third-order valence-electron chi connectivity index (χ3n) is 2.94. The van der Waals surface area contributed by atoms with Crippen molar-refractivity contribution in [2.75, 3.05) is 13.1 Å². The largest absolute Gasteiger partial charge is 0.392 e. The van der Waals surface area contributed by atoms with E-state index in [1.807, 2.05) is 24.3 Å². The van der Waals surface area contributed by atoms with E-state index in [-0.39, 0.29) is 6.10 Å². The first-order chi connectivity index (χ1) is 7.78. The lowest BCUT2D eigenvalue weighted by molar-refractivity contribution is 0.0668. The van der Waals surface area contributed by atoms with Crippen molar-refractivity contribution in [2.24, 2.45) is 0 Å². The topological polar surface area (TPSA) is 47.3 Å². The van der Waals surface area contributed by atoms with Crippen LogP contribution in [0.1, 0.15) is 24.0 Å². The van der Waals surface area contributed by atoms with Crippen LogP contribution >= 0.6 is 0 Å². The first-order valence-electron chi connectivity index (χ1n) is 5.67. The number of piperidine rings is 1. The van der Waals surface area contributed by atoms with Crippen molar-refractivity contribution in [1.82, 2.24) is 4.90 Å². The van der Waals surface area contributed by atoms with Gasteiger partial charge in [-0.25, -0.2) is 0 Å². The molecule has 84 valence electrons. The molecule has 1 aromatic rings. The second kappa shape index (κ2) is 5.11. The van der Waals surface area contributed by atoms with E-state index in [1.54, 1.807) is 0 Å². The fraction of sp³-hybridized carbons (Fsp3) is 0.462. The van der Waals surface area contributed by atoms with Crippen LogP contribution in [0.4, 0.5) is 0 Å². The average Bonchev–Trinajstić information content (AvgIpc) is 2.29. The Bertz CT molecular complexity index is 397. The van der Waals surface area contributed by atoms with Gasteiger partial charge >= 0.3 is 0 Å². The molecule has 1 aromatic carbocycles. The van der Waals surface area contributed by atoms with E-state index >= 15 is 0 Å². The molecule has 1 saturated heterocycles.